The molecule has 0 bridgehead atoms. The third kappa shape index (κ3) is 4.05. The Morgan fingerprint density at radius 2 is 1.86 bits per heavy atom. The molecule has 1 aromatic rings. The van der Waals surface area contributed by atoms with E-state index in [0.29, 0.717) is 10.9 Å². The van der Waals surface area contributed by atoms with E-state index >= 15 is 0 Å². The fourth-order valence-corrected chi connectivity index (χ4v) is 4.83. The first-order chi connectivity index (χ1) is 9.78. The van der Waals surface area contributed by atoms with Crippen LogP contribution in [0.2, 0.25) is 10.0 Å². The minimum absolute atomic E-state index is 0.111. The maximum atomic E-state index is 12.5. The molecular weight excluding hydrogens is 353 g/mol. The third-order valence-corrected chi connectivity index (χ3v) is 6.87. The third-order valence-electron chi connectivity index (χ3n) is 4.04. The number of hydrogen-bond acceptors (Lipinski definition) is 2. The fourth-order valence-electron chi connectivity index (χ4n) is 2.57. The van der Waals surface area contributed by atoms with Gasteiger partial charge in [-0.1, -0.05) is 30.1 Å². The van der Waals surface area contributed by atoms with E-state index in [0.717, 1.165) is 25.7 Å². The summed E-state index contributed by atoms with van der Waals surface area (Å²) in [7, 11) is -3.66. The SMILES string of the molecule is CC1CCC(CCl)(NS(=O)(=O)c2ccc(Cl)c(Cl)c2)CC1. The number of halogens is 3. The minimum atomic E-state index is -3.66. The molecule has 7 heteroatoms. The van der Waals surface area contributed by atoms with Crippen LogP contribution in [0.5, 0.6) is 0 Å². The van der Waals surface area contributed by atoms with Gasteiger partial charge in [-0.3, -0.25) is 0 Å². The second-order valence-corrected chi connectivity index (χ2v) is 8.54. The van der Waals surface area contributed by atoms with E-state index in [1.165, 1.54) is 18.2 Å². The fraction of sp³-hybridized carbons (Fsp3) is 0.571. The Morgan fingerprint density at radius 1 is 1.24 bits per heavy atom. The second-order valence-electron chi connectivity index (χ2n) is 5.78. The minimum Gasteiger partial charge on any atom is -0.207 e. The summed E-state index contributed by atoms with van der Waals surface area (Å²) in [5.41, 5.74) is -0.570. The maximum absolute atomic E-state index is 12.5. The summed E-state index contributed by atoms with van der Waals surface area (Å²) >= 11 is 17.8. The summed E-state index contributed by atoms with van der Waals surface area (Å²) in [6.07, 6.45) is 3.43. The van der Waals surface area contributed by atoms with Crippen molar-refractivity contribution < 1.29 is 8.42 Å². The average Bonchev–Trinajstić information content (AvgIpc) is 2.44. The predicted octanol–water partition coefficient (Wildman–Crippen LogP) is 4.46. The lowest BCUT2D eigenvalue weighted by molar-refractivity contribution is 0.247. The zero-order valence-corrected chi connectivity index (χ0v) is 14.8. The van der Waals surface area contributed by atoms with Gasteiger partial charge < -0.3 is 0 Å². The van der Waals surface area contributed by atoms with Crippen molar-refractivity contribution in [3.8, 4) is 0 Å². The van der Waals surface area contributed by atoms with Gasteiger partial charge >= 0.3 is 0 Å². The normalized spacial score (nSPS) is 26.8. The molecule has 0 spiro atoms. The summed E-state index contributed by atoms with van der Waals surface area (Å²) in [6.45, 7) is 2.17. The Bertz CT molecular complexity index is 611. The Kier molecular flexibility index (Phi) is 5.48. The molecular formula is C14H18Cl3NO2S. The number of hydrogen-bond donors (Lipinski definition) is 1. The van der Waals surface area contributed by atoms with Crippen LogP contribution in [0.1, 0.15) is 32.6 Å². The van der Waals surface area contributed by atoms with E-state index in [9.17, 15) is 8.42 Å². The van der Waals surface area contributed by atoms with Crippen LogP contribution in [0.15, 0.2) is 23.1 Å². The monoisotopic (exact) mass is 369 g/mol. The second kappa shape index (κ2) is 6.63. The van der Waals surface area contributed by atoms with Crippen molar-refractivity contribution in [3.63, 3.8) is 0 Å². The molecule has 0 aromatic heterocycles. The van der Waals surface area contributed by atoms with Crippen molar-refractivity contribution in [1.29, 1.82) is 0 Å². The zero-order chi connectivity index (χ0) is 15.7. The van der Waals surface area contributed by atoms with E-state index in [1.54, 1.807) is 0 Å². The molecule has 0 unspecified atom stereocenters. The number of nitrogens with one attached hydrogen (secondary N) is 1. The van der Waals surface area contributed by atoms with Crippen molar-refractivity contribution in [3.05, 3.63) is 28.2 Å². The molecule has 0 heterocycles. The van der Waals surface area contributed by atoms with Crippen molar-refractivity contribution in [1.82, 2.24) is 4.72 Å². The molecule has 21 heavy (non-hydrogen) atoms. The van der Waals surface area contributed by atoms with Gasteiger partial charge in [0.1, 0.15) is 0 Å². The van der Waals surface area contributed by atoms with Crippen LogP contribution >= 0.6 is 34.8 Å². The number of rotatable bonds is 4. The Labute approximate surface area is 141 Å². The highest BCUT2D eigenvalue weighted by Crippen LogP contribution is 2.34. The first-order valence-corrected chi connectivity index (χ1v) is 9.60. The maximum Gasteiger partial charge on any atom is 0.241 e. The Balaban J connectivity index is 2.25. The van der Waals surface area contributed by atoms with E-state index in [4.69, 9.17) is 34.8 Å². The van der Waals surface area contributed by atoms with Crippen LogP contribution < -0.4 is 4.72 Å². The van der Waals surface area contributed by atoms with Crippen LogP contribution in [0.4, 0.5) is 0 Å². The van der Waals surface area contributed by atoms with Crippen LogP contribution in [-0.2, 0) is 10.0 Å². The average molecular weight is 371 g/mol. The smallest absolute Gasteiger partial charge is 0.207 e. The van der Waals surface area contributed by atoms with Gasteiger partial charge in [0.2, 0.25) is 10.0 Å². The van der Waals surface area contributed by atoms with Crippen molar-refractivity contribution in [2.75, 3.05) is 5.88 Å². The van der Waals surface area contributed by atoms with Crippen molar-refractivity contribution in [2.24, 2.45) is 5.92 Å². The van der Waals surface area contributed by atoms with Gasteiger partial charge in [0.25, 0.3) is 0 Å². The molecule has 1 fully saturated rings. The van der Waals surface area contributed by atoms with Gasteiger partial charge in [0, 0.05) is 11.4 Å². The molecule has 118 valence electrons. The van der Waals surface area contributed by atoms with Crippen LogP contribution in [0.3, 0.4) is 0 Å². The van der Waals surface area contributed by atoms with E-state index in [-0.39, 0.29) is 15.8 Å². The summed E-state index contributed by atoms with van der Waals surface area (Å²) in [5.74, 6) is 0.871. The molecule has 3 nitrogen and oxygen atoms in total. The summed E-state index contributed by atoms with van der Waals surface area (Å²) in [4.78, 5) is 0.111. The van der Waals surface area contributed by atoms with Gasteiger partial charge in [-0.15, -0.1) is 11.6 Å². The quantitative estimate of drug-likeness (QED) is 0.795. The molecule has 0 aliphatic heterocycles. The zero-order valence-electron chi connectivity index (χ0n) is 11.7. The Morgan fingerprint density at radius 3 is 2.38 bits per heavy atom. The van der Waals surface area contributed by atoms with Crippen LogP contribution in [0.25, 0.3) is 0 Å². The molecule has 1 aromatic carbocycles. The number of benzene rings is 1. The highest BCUT2D eigenvalue weighted by Gasteiger charge is 2.37. The van der Waals surface area contributed by atoms with E-state index in [2.05, 4.69) is 11.6 Å². The first kappa shape index (κ1) is 17.4. The highest BCUT2D eigenvalue weighted by molar-refractivity contribution is 7.89. The van der Waals surface area contributed by atoms with Gasteiger partial charge in [-0.2, -0.15) is 0 Å². The molecule has 0 radical (unpaired) electrons. The molecule has 0 amide bonds. The first-order valence-electron chi connectivity index (χ1n) is 6.83. The molecule has 0 saturated heterocycles. The highest BCUT2D eigenvalue weighted by atomic mass is 35.5. The molecule has 0 atom stereocenters. The number of alkyl halides is 1. The van der Waals surface area contributed by atoms with Crippen LogP contribution in [-0.4, -0.2) is 19.8 Å². The predicted molar refractivity (Wildman–Crippen MR) is 87.9 cm³/mol. The summed E-state index contributed by atoms with van der Waals surface area (Å²) < 4.78 is 27.9. The molecule has 1 N–H and O–H groups in total. The topological polar surface area (TPSA) is 46.2 Å². The molecule has 1 saturated carbocycles. The summed E-state index contributed by atoms with van der Waals surface area (Å²) in [5, 5.41) is 0.547. The van der Waals surface area contributed by atoms with Gasteiger partial charge in [-0.05, 0) is 49.8 Å². The molecule has 2 rings (SSSR count). The largest absolute Gasteiger partial charge is 0.241 e. The van der Waals surface area contributed by atoms with Crippen molar-refractivity contribution >= 4 is 44.8 Å². The van der Waals surface area contributed by atoms with Crippen molar-refractivity contribution in [2.45, 2.75) is 43.0 Å². The molecule has 1 aliphatic rings. The van der Waals surface area contributed by atoms with Gasteiger partial charge in [-0.25, -0.2) is 13.1 Å². The number of sulfonamides is 1. The summed E-state index contributed by atoms with van der Waals surface area (Å²) in [6, 6.07) is 4.29. The van der Waals surface area contributed by atoms with E-state index < -0.39 is 15.6 Å². The van der Waals surface area contributed by atoms with Crippen LogP contribution in [0, 0.1) is 5.92 Å². The lowest BCUT2D eigenvalue weighted by atomic mass is 9.79. The Hall–Kier alpha value is -0.000000000000000111. The van der Waals surface area contributed by atoms with Gasteiger partial charge in [0.05, 0.1) is 14.9 Å². The lowest BCUT2D eigenvalue weighted by Crippen LogP contribution is -2.51. The standard InChI is InChI=1S/C14H18Cl3NO2S/c1-10-4-6-14(9-15,7-5-10)18-21(19,20)11-2-3-12(16)13(17)8-11/h2-3,8,10,18H,4-7,9H2,1H3. The lowest BCUT2D eigenvalue weighted by Gasteiger charge is -2.38. The molecule has 1 aliphatic carbocycles. The van der Waals surface area contributed by atoms with Gasteiger partial charge in [0.15, 0.2) is 0 Å². The van der Waals surface area contributed by atoms with E-state index in [1.807, 2.05) is 0 Å².